The van der Waals surface area contributed by atoms with Gasteiger partial charge in [0.2, 0.25) is 0 Å². The van der Waals surface area contributed by atoms with Crippen molar-refractivity contribution in [2.24, 2.45) is 5.73 Å². The molecule has 0 saturated carbocycles. The number of hydrogen-bond acceptors (Lipinski definition) is 4. The summed E-state index contributed by atoms with van der Waals surface area (Å²) in [6.07, 6.45) is -3.82. The second kappa shape index (κ2) is 6.87. The van der Waals surface area contributed by atoms with E-state index < -0.39 is 17.8 Å². The van der Waals surface area contributed by atoms with Crippen molar-refractivity contribution in [1.29, 1.82) is 5.26 Å². The molecular weight excluding hydrogens is 311 g/mol. The molecule has 0 radical (unpaired) electrons. The highest BCUT2D eigenvalue weighted by Gasteiger charge is 2.31. The van der Waals surface area contributed by atoms with Gasteiger partial charge in [0.05, 0.1) is 17.2 Å². The van der Waals surface area contributed by atoms with Crippen molar-refractivity contribution >= 4 is 6.09 Å². The zero-order valence-corrected chi connectivity index (χ0v) is 12.3. The summed E-state index contributed by atoms with van der Waals surface area (Å²) in [5, 5.41) is 8.81. The topological polar surface area (TPSA) is 79.3 Å². The van der Waals surface area contributed by atoms with Crippen molar-refractivity contribution < 1.29 is 22.7 Å². The van der Waals surface area contributed by atoms with E-state index >= 15 is 0 Å². The molecule has 0 aromatic heterocycles. The summed E-state index contributed by atoms with van der Waals surface area (Å²) >= 11 is 0. The first-order valence-corrected chi connectivity index (χ1v) is 7.08. The summed E-state index contributed by atoms with van der Waals surface area (Å²) in [6.45, 7) is 0.609. The van der Waals surface area contributed by atoms with Gasteiger partial charge < -0.3 is 15.4 Å². The average molecular weight is 327 g/mol. The predicted molar refractivity (Wildman–Crippen MR) is 75.1 cm³/mol. The van der Waals surface area contributed by atoms with Crippen LogP contribution in [0.25, 0.3) is 0 Å². The molecule has 5 nitrogen and oxygen atoms in total. The highest BCUT2D eigenvalue weighted by molar-refractivity contribution is 5.67. The molecule has 0 unspecified atom stereocenters. The number of ether oxygens (including phenoxy) is 1. The lowest BCUT2D eigenvalue weighted by Gasteiger charge is -2.29. The van der Waals surface area contributed by atoms with E-state index in [4.69, 9.17) is 15.7 Å². The number of hydrogen-bond donors (Lipinski definition) is 1. The number of alkyl halides is 3. The standard InChI is InChI=1S/C15H16F3N3O2/c16-15(17,18)12-6-10(8-19)5-11(7-12)9-23-14(22)21-3-1-13(20)2-4-21/h5-7,13H,1-4,9,20H2. The Kier molecular flexibility index (Phi) is 5.11. The summed E-state index contributed by atoms with van der Waals surface area (Å²) in [6, 6.07) is 4.64. The third kappa shape index (κ3) is 4.60. The van der Waals surface area contributed by atoms with E-state index in [1.807, 2.05) is 0 Å². The molecule has 1 fully saturated rings. The van der Waals surface area contributed by atoms with E-state index in [0.717, 1.165) is 12.1 Å². The fourth-order valence-corrected chi connectivity index (χ4v) is 2.32. The Morgan fingerprint density at radius 3 is 2.57 bits per heavy atom. The van der Waals surface area contributed by atoms with Gasteiger partial charge in [0.15, 0.2) is 0 Å². The van der Waals surface area contributed by atoms with Gasteiger partial charge in [-0.1, -0.05) is 0 Å². The molecule has 0 spiro atoms. The van der Waals surface area contributed by atoms with E-state index in [9.17, 15) is 18.0 Å². The summed E-state index contributed by atoms with van der Waals surface area (Å²) in [5.74, 6) is 0. The zero-order chi connectivity index (χ0) is 17.0. The molecule has 2 rings (SSSR count). The van der Waals surface area contributed by atoms with Gasteiger partial charge in [-0.25, -0.2) is 4.79 Å². The maximum absolute atomic E-state index is 12.8. The molecule has 0 bridgehead atoms. The van der Waals surface area contributed by atoms with Crippen LogP contribution in [0.2, 0.25) is 0 Å². The van der Waals surface area contributed by atoms with E-state index in [1.165, 1.54) is 11.0 Å². The van der Waals surface area contributed by atoms with Gasteiger partial charge in [-0.05, 0) is 36.6 Å². The molecule has 1 aromatic carbocycles. The fourth-order valence-electron chi connectivity index (χ4n) is 2.32. The molecular formula is C15H16F3N3O2. The van der Waals surface area contributed by atoms with E-state index in [1.54, 1.807) is 6.07 Å². The monoisotopic (exact) mass is 327 g/mol. The van der Waals surface area contributed by atoms with Gasteiger partial charge in [-0.2, -0.15) is 18.4 Å². The fraction of sp³-hybridized carbons (Fsp3) is 0.467. The Bertz CT molecular complexity index is 617. The van der Waals surface area contributed by atoms with Crippen LogP contribution in [0.4, 0.5) is 18.0 Å². The van der Waals surface area contributed by atoms with Gasteiger partial charge in [0.25, 0.3) is 0 Å². The lowest BCUT2D eigenvalue weighted by Crippen LogP contribution is -2.43. The summed E-state index contributed by atoms with van der Waals surface area (Å²) in [5.41, 5.74) is 4.79. The molecule has 1 aromatic rings. The number of piperidine rings is 1. The molecule has 23 heavy (non-hydrogen) atoms. The second-order valence-electron chi connectivity index (χ2n) is 5.41. The van der Waals surface area contributed by atoms with Crippen molar-refractivity contribution in [3.05, 3.63) is 34.9 Å². The van der Waals surface area contributed by atoms with Gasteiger partial charge >= 0.3 is 12.3 Å². The first kappa shape index (κ1) is 17.1. The third-order valence-electron chi connectivity index (χ3n) is 3.61. The smallest absolute Gasteiger partial charge is 0.416 e. The zero-order valence-electron chi connectivity index (χ0n) is 12.3. The molecule has 8 heteroatoms. The van der Waals surface area contributed by atoms with E-state index in [0.29, 0.717) is 25.9 Å². The molecule has 0 atom stereocenters. The first-order chi connectivity index (χ1) is 10.8. The Hall–Kier alpha value is -2.27. The van der Waals surface area contributed by atoms with Crippen molar-refractivity contribution in [3.63, 3.8) is 0 Å². The van der Waals surface area contributed by atoms with Crippen LogP contribution in [0, 0.1) is 11.3 Å². The van der Waals surface area contributed by atoms with E-state index in [2.05, 4.69) is 0 Å². The molecule has 1 heterocycles. The van der Waals surface area contributed by atoms with Crippen molar-refractivity contribution in [2.75, 3.05) is 13.1 Å². The highest BCUT2D eigenvalue weighted by atomic mass is 19.4. The number of rotatable bonds is 2. The van der Waals surface area contributed by atoms with Gasteiger partial charge in [-0.15, -0.1) is 0 Å². The molecule has 1 saturated heterocycles. The van der Waals surface area contributed by atoms with E-state index in [-0.39, 0.29) is 23.8 Å². The van der Waals surface area contributed by atoms with Gasteiger partial charge in [-0.3, -0.25) is 0 Å². The molecule has 1 aliphatic rings. The number of likely N-dealkylation sites (tertiary alicyclic amines) is 1. The minimum Gasteiger partial charge on any atom is -0.445 e. The Labute approximate surface area is 131 Å². The molecule has 0 aliphatic carbocycles. The summed E-state index contributed by atoms with van der Waals surface area (Å²) in [7, 11) is 0. The average Bonchev–Trinajstić information content (AvgIpc) is 2.52. The number of amides is 1. The summed E-state index contributed by atoms with van der Waals surface area (Å²) < 4.78 is 43.4. The number of carbonyl (C=O) groups is 1. The molecule has 1 amide bonds. The predicted octanol–water partition coefficient (Wildman–Crippen LogP) is 2.64. The SMILES string of the molecule is N#Cc1cc(COC(=O)N2CCC(N)CC2)cc(C(F)(F)F)c1. The van der Waals surface area contributed by atoms with Crippen LogP contribution in [-0.2, 0) is 17.5 Å². The minimum atomic E-state index is -4.56. The largest absolute Gasteiger partial charge is 0.445 e. The lowest BCUT2D eigenvalue weighted by molar-refractivity contribution is -0.137. The van der Waals surface area contributed by atoms with Crippen LogP contribution in [0.3, 0.4) is 0 Å². The molecule has 2 N–H and O–H groups in total. The van der Waals surface area contributed by atoms with Crippen LogP contribution in [-0.4, -0.2) is 30.1 Å². The van der Waals surface area contributed by atoms with Crippen LogP contribution in [0.1, 0.15) is 29.5 Å². The van der Waals surface area contributed by atoms with Crippen LogP contribution >= 0.6 is 0 Å². The normalized spacial score (nSPS) is 16.0. The summed E-state index contributed by atoms with van der Waals surface area (Å²) in [4.78, 5) is 13.4. The maximum Gasteiger partial charge on any atom is 0.416 e. The van der Waals surface area contributed by atoms with Gasteiger partial charge in [0, 0.05) is 19.1 Å². The molecule has 124 valence electrons. The van der Waals surface area contributed by atoms with Crippen molar-refractivity contribution in [2.45, 2.75) is 31.7 Å². The Morgan fingerprint density at radius 1 is 1.35 bits per heavy atom. The number of halogens is 3. The Balaban J connectivity index is 2.03. The quantitative estimate of drug-likeness (QED) is 0.905. The molecule has 1 aliphatic heterocycles. The van der Waals surface area contributed by atoms with Crippen molar-refractivity contribution in [1.82, 2.24) is 4.90 Å². The van der Waals surface area contributed by atoms with Crippen molar-refractivity contribution in [3.8, 4) is 6.07 Å². The number of nitrogens with two attached hydrogens (primary N) is 1. The number of carbonyl (C=O) groups excluding carboxylic acids is 1. The van der Waals surface area contributed by atoms with Gasteiger partial charge in [0.1, 0.15) is 6.61 Å². The van der Waals surface area contributed by atoms with Crippen LogP contribution in [0.5, 0.6) is 0 Å². The number of nitrogens with zero attached hydrogens (tertiary/aromatic N) is 2. The van der Waals surface area contributed by atoms with Crippen LogP contribution in [0.15, 0.2) is 18.2 Å². The third-order valence-corrected chi connectivity index (χ3v) is 3.61. The number of nitriles is 1. The number of benzene rings is 1. The van der Waals surface area contributed by atoms with Crippen LogP contribution < -0.4 is 5.73 Å². The highest BCUT2D eigenvalue weighted by Crippen LogP contribution is 2.30. The minimum absolute atomic E-state index is 0.0562. The first-order valence-electron chi connectivity index (χ1n) is 7.08. The lowest BCUT2D eigenvalue weighted by atomic mass is 10.1. The Morgan fingerprint density at radius 2 is 2.00 bits per heavy atom. The second-order valence-corrected chi connectivity index (χ2v) is 5.41. The maximum atomic E-state index is 12.8.